The molecule has 3 rings (SSSR count). The van der Waals surface area contributed by atoms with Crippen LogP contribution in [0.15, 0.2) is 58.1 Å². The second kappa shape index (κ2) is 6.80. The lowest BCUT2D eigenvalue weighted by Crippen LogP contribution is -2.11. The van der Waals surface area contributed by atoms with E-state index in [9.17, 15) is 14.7 Å². The molecule has 1 aliphatic carbocycles. The third kappa shape index (κ3) is 3.14. The second-order valence-corrected chi connectivity index (χ2v) is 6.16. The van der Waals surface area contributed by atoms with Crippen molar-refractivity contribution in [1.82, 2.24) is 0 Å². The first-order valence-corrected chi connectivity index (χ1v) is 8.24. The van der Waals surface area contributed by atoms with E-state index in [-0.39, 0.29) is 17.8 Å². The minimum atomic E-state index is -0.544. The number of aliphatic imine (C=N–C) groups is 1. The van der Waals surface area contributed by atoms with E-state index >= 15 is 0 Å². The summed E-state index contributed by atoms with van der Waals surface area (Å²) in [5, 5.41) is 12.0. The quantitative estimate of drug-likeness (QED) is 0.520. The van der Waals surface area contributed by atoms with Crippen molar-refractivity contribution in [1.29, 1.82) is 0 Å². The number of allylic oxidation sites excluding steroid dienone is 2. The molecule has 1 N–H and O–H groups in total. The summed E-state index contributed by atoms with van der Waals surface area (Å²) in [7, 11) is 1.58. The molecule has 1 saturated carbocycles. The molecular formula is C18H15NO4S. The van der Waals surface area contributed by atoms with Gasteiger partial charge >= 0.3 is 0 Å². The van der Waals surface area contributed by atoms with Crippen LogP contribution in [-0.2, 0) is 4.79 Å². The lowest BCUT2D eigenvalue weighted by atomic mass is 10.1. The maximum atomic E-state index is 12.3. The number of hydrogen-bond donors (Lipinski definition) is 1. The van der Waals surface area contributed by atoms with E-state index in [1.807, 2.05) is 0 Å². The predicted octanol–water partition coefficient (Wildman–Crippen LogP) is 3.89. The van der Waals surface area contributed by atoms with Crippen molar-refractivity contribution in [3.63, 3.8) is 0 Å². The topological polar surface area (TPSA) is 76.0 Å². The molecule has 0 radical (unpaired) electrons. The third-order valence-electron chi connectivity index (χ3n) is 3.69. The highest BCUT2D eigenvalue weighted by Gasteiger charge is 2.31. The molecule has 0 amide bonds. The molecule has 1 aliphatic rings. The molecule has 1 aromatic heterocycles. The van der Waals surface area contributed by atoms with Crippen molar-refractivity contribution >= 4 is 34.3 Å². The van der Waals surface area contributed by atoms with Crippen LogP contribution in [0.5, 0.6) is 5.75 Å². The van der Waals surface area contributed by atoms with Gasteiger partial charge in [0.2, 0.25) is 5.78 Å². The smallest absolute Gasteiger partial charge is 0.238 e. The fourth-order valence-electron chi connectivity index (χ4n) is 2.47. The number of methoxy groups -OCH3 is 1. The summed E-state index contributed by atoms with van der Waals surface area (Å²) in [6, 6.07) is 10.4. The van der Waals surface area contributed by atoms with E-state index in [2.05, 4.69) is 4.99 Å². The molecular weight excluding hydrogens is 326 g/mol. The van der Waals surface area contributed by atoms with Crippen LogP contribution >= 0.6 is 11.3 Å². The van der Waals surface area contributed by atoms with E-state index in [1.165, 1.54) is 11.3 Å². The number of benzene rings is 1. The predicted molar refractivity (Wildman–Crippen MR) is 92.6 cm³/mol. The zero-order chi connectivity index (χ0) is 17.1. The number of aliphatic hydroxyl groups is 1. The van der Waals surface area contributed by atoms with E-state index < -0.39 is 11.5 Å². The lowest BCUT2D eigenvalue weighted by Gasteiger charge is -2.04. The van der Waals surface area contributed by atoms with Crippen molar-refractivity contribution in [2.75, 3.05) is 7.11 Å². The van der Waals surface area contributed by atoms with Crippen LogP contribution in [-0.4, -0.2) is 29.5 Å². The van der Waals surface area contributed by atoms with E-state index in [0.717, 1.165) is 0 Å². The molecule has 5 nitrogen and oxygen atoms in total. The molecule has 1 aromatic carbocycles. The summed E-state index contributed by atoms with van der Waals surface area (Å²) in [6.07, 6.45) is 0.647. The summed E-state index contributed by atoms with van der Waals surface area (Å²) in [4.78, 5) is 29.2. The minimum Gasteiger partial charge on any atom is -0.504 e. The molecule has 122 valence electrons. The normalized spacial score (nSPS) is 18.0. The summed E-state index contributed by atoms with van der Waals surface area (Å²) < 4.78 is 5.09. The second-order valence-electron chi connectivity index (χ2n) is 5.21. The van der Waals surface area contributed by atoms with Crippen molar-refractivity contribution in [2.45, 2.75) is 12.8 Å². The zero-order valence-corrected chi connectivity index (χ0v) is 13.8. The molecule has 1 heterocycles. The van der Waals surface area contributed by atoms with Gasteiger partial charge in [0, 0.05) is 6.42 Å². The van der Waals surface area contributed by atoms with Gasteiger partial charge in [0.15, 0.2) is 11.5 Å². The first-order valence-electron chi connectivity index (χ1n) is 7.37. The monoisotopic (exact) mass is 341 g/mol. The van der Waals surface area contributed by atoms with Crippen LogP contribution in [0.3, 0.4) is 0 Å². The average Bonchev–Trinajstić information content (AvgIpc) is 3.25. The van der Waals surface area contributed by atoms with Crippen molar-refractivity contribution in [2.24, 2.45) is 4.99 Å². The van der Waals surface area contributed by atoms with Gasteiger partial charge in [-0.05, 0) is 42.1 Å². The highest BCUT2D eigenvalue weighted by molar-refractivity contribution is 7.12. The number of rotatable bonds is 4. The average molecular weight is 341 g/mol. The molecule has 6 heteroatoms. The number of ketones is 2. The fourth-order valence-corrected chi connectivity index (χ4v) is 3.14. The Hall–Kier alpha value is -2.73. The number of nitrogens with zero attached hydrogens (tertiary/aromatic N) is 1. The zero-order valence-electron chi connectivity index (χ0n) is 13.0. The maximum absolute atomic E-state index is 12.3. The number of thiophene rings is 1. The van der Waals surface area contributed by atoms with Crippen LogP contribution in [0, 0.1) is 0 Å². The van der Waals surface area contributed by atoms with Crippen LogP contribution in [0.25, 0.3) is 0 Å². The molecule has 24 heavy (non-hydrogen) atoms. The number of Topliss-reactive ketones (excluding diaryl/α,β-unsaturated/α-hetero) is 2. The van der Waals surface area contributed by atoms with Crippen LogP contribution in [0.2, 0.25) is 0 Å². The molecule has 0 unspecified atom stereocenters. The first kappa shape index (κ1) is 16.1. The van der Waals surface area contributed by atoms with Gasteiger partial charge in [-0.2, -0.15) is 0 Å². The van der Waals surface area contributed by atoms with Crippen LogP contribution < -0.4 is 4.74 Å². The minimum absolute atomic E-state index is 0.0317. The Labute approximate surface area is 142 Å². The van der Waals surface area contributed by atoms with E-state index in [4.69, 9.17) is 4.74 Å². The number of aliphatic hydroxyl groups excluding tert-OH is 1. The maximum Gasteiger partial charge on any atom is 0.238 e. The Bertz CT molecular complexity index is 832. The standard InChI is InChI=1S/C18H15NO4S/c1-23-12-6-4-11(5-7-12)19-13-8-9-14(20)16(13)18(22)17(21)15-3-2-10-24-15/h2-7,10,22H,8-9H2,1H3/b18-16+,19-13?. The van der Waals surface area contributed by atoms with Gasteiger partial charge in [-0.25, -0.2) is 0 Å². The van der Waals surface area contributed by atoms with Gasteiger partial charge in [0.1, 0.15) is 5.75 Å². The van der Waals surface area contributed by atoms with Gasteiger partial charge in [-0.1, -0.05) is 6.07 Å². The summed E-state index contributed by atoms with van der Waals surface area (Å²) in [5.74, 6) is -0.623. The van der Waals surface area contributed by atoms with Gasteiger partial charge in [-0.3, -0.25) is 14.6 Å². The van der Waals surface area contributed by atoms with Gasteiger partial charge in [0.25, 0.3) is 0 Å². The van der Waals surface area contributed by atoms with Crippen LogP contribution in [0.1, 0.15) is 22.5 Å². The number of carbonyl (C=O) groups is 2. The number of carbonyl (C=O) groups excluding carboxylic acids is 2. The van der Waals surface area contributed by atoms with Crippen molar-refractivity contribution in [3.8, 4) is 5.75 Å². The Morgan fingerprint density at radius 2 is 1.96 bits per heavy atom. The van der Waals surface area contributed by atoms with Crippen LogP contribution in [0.4, 0.5) is 5.69 Å². The van der Waals surface area contributed by atoms with Gasteiger partial charge < -0.3 is 9.84 Å². The highest BCUT2D eigenvalue weighted by atomic mass is 32.1. The van der Waals surface area contributed by atoms with Gasteiger partial charge in [0.05, 0.1) is 29.0 Å². The molecule has 0 saturated heterocycles. The largest absolute Gasteiger partial charge is 0.504 e. The Balaban J connectivity index is 1.97. The summed E-state index contributed by atoms with van der Waals surface area (Å²) >= 11 is 1.22. The highest BCUT2D eigenvalue weighted by Crippen LogP contribution is 2.27. The van der Waals surface area contributed by atoms with E-state index in [1.54, 1.807) is 48.9 Å². The number of ether oxygens (including phenoxy) is 1. The van der Waals surface area contributed by atoms with Gasteiger partial charge in [-0.15, -0.1) is 11.3 Å². The Morgan fingerprint density at radius 3 is 2.58 bits per heavy atom. The van der Waals surface area contributed by atoms with Crippen molar-refractivity contribution in [3.05, 3.63) is 58.0 Å². The molecule has 0 atom stereocenters. The lowest BCUT2D eigenvalue weighted by molar-refractivity contribution is -0.114. The Morgan fingerprint density at radius 1 is 1.21 bits per heavy atom. The molecule has 2 aromatic rings. The van der Waals surface area contributed by atoms with Crippen molar-refractivity contribution < 1.29 is 19.4 Å². The van der Waals surface area contributed by atoms with E-state index in [0.29, 0.717) is 28.4 Å². The summed E-state index contributed by atoms with van der Waals surface area (Å²) in [5.41, 5.74) is 1.10. The third-order valence-corrected chi connectivity index (χ3v) is 4.56. The molecule has 1 fully saturated rings. The summed E-state index contributed by atoms with van der Waals surface area (Å²) in [6.45, 7) is 0. The first-order chi connectivity index (χ1) is 11.6. The Kier molecular flexibility index (Phi) is 4.57. The molecule has 0 bridgehead atoms. The molecule has 0 spiro atoms. The SMILES string of the molecule is COc1ccc(N=C2CCC(=O)/C2=C(/O)C(=O)c2cccs2)cc1. The fraction of sp³-hybridized carbons (Fsp3) is 0.167. The number of hydrogen-bond acceptors (Lipinski definition) is 6. The molecule has 0 aliphatic heterocycles.